The Morgan fingerprint density at radius 1 is 1.12 bits per heavy atom. The van der Waals surface area contributed by atoms with Gasteiger partial charge in [-0.05, 0) is 24.3 Å². The van der Waals surface area contributed by atoms with Crippen molar-refractivity contribution in [1.29, 1.82) is 0 Å². The first-order chi connectivity index (χ1) is 12.5. The quantitative estimate of drug-likeness (QED) is 0.689. The van der Waals surface area contributed by atoms with E-state index >= 15 is 0 Å². The minimum absolute atomic E-state index is 0.122. The van der Waals surface area contributed by atoms with E-state index in [-0.39, 0.29) is 21.4 Å². The zero-order valence-corrected chi connectivity index (χ0v) is 15.0. The van der Waals surface area contributed by atoms with Crippen molar-refractivity contribution in [2.75, 3.05) is 12.4 Å². The maximum absolute atomic E-state index is 12.4. The Morgan fingerprint density at radius 2 is 1.77 bits per heavy atom. The van der Waals surface area contributed by atoms with E-state index in [1.165, 1.54) is 31.6 Å². The van der Waals surface area contributed by atoms with Crippen molar-refractivity contribution in [2.24, 2.45) is 0 Å². The molecule has 0 fully saturated rings. The van der Waals surface area contributed by atoms with Crippen molar-refractivity contribution in [3.63, 3.8) is 0 Å². The summed E-state index contributed by atoms with van der Waals surface area (Å²) in [6, 6.07) is 9.50. The predicted octanol–water partition coefficient (Wildman–Crippen LogP) is 4.42. The van der Waals surface area contributed by atoms with Gasteiger partial charge in [-0.2, -0.15) is 0 Å². The number of ether oxygens (including phenoxy) is 1. The fourth-order valence-corrected chi connectivity index (χ4v) is 2.92. The molecule has 1 amide bonds. The summed E-state index contributed by atoms with van der Waals surface area (Å²) >= 11 is 12.1. The van der Waals surface area contributed by atoms with Crippen LogP contribution in [0.1, 0.15) is 10.4 Å². The van der Waals surface area contributed by atoms with Crippen LogP contribution in [0.25, 0.3) is 11.4 Å². The highest BCUT2D eigenvalue weighted by molar-refractivity contribution is 6.37. The third-order valence-electron chi connectivity index (χ3n) is 3.48. The van der Waals surface area contributed by atoms with E-state index in [1.807, 2.05) is 0 Å². The molecular weight excluding hydrogens is 377 g/mol. The normalized spacial score (nSPS) is 10.4. The molecule has 0 aliphatic carbocycles. The molecule has 2 N–H and O–H groups in total. The molecule has 0 radical (unpaired) electrons. The minimum atomic E-state index is -0.412. The third kappa shape index (κ3) is 3.87. The Hall–Kier alpha value is -2.83. The fraction of sp³-hybridized carbons (Fsp3) is 0.0556. The van der Waals surface area contributed by atoms with Crippen molar-refractivity contribution >= 4 is 34.8 Å². The number of amides is 1. The van der Waals surface area contributed by atoms with Gasteiger partial charge in [-0.15, -0.1) is 0 Å². The number of methoxy groups -OCH3 is 1. The Balaban J connectivity index is 1.78. The van der Waals surface area contributed by atoms with Gasteiger partial charge in [-0.1, -0.05) is 35.3 Å². The van der Waals surface area contributed by atoms with Crippen molar-refractivity contribution < 1.29 is 14.6 Å². The predicted molar refractivity (Wildman–Crippen MR) is 100 cm³/mol. The van der Waals surface area contributed by atoms with Crippen molar-refractivity contribution in [1.82, 2.24) is 9.97 Å². The smallest absolute Gasteiger partial charge is 0.255 e. The number of nitrogens with zero attached hydrogens (tertiary/aromatic N) is 2. The number of anilines is 1. The van der Waals surface area contributed by atoms with Gasteiger partial charge in [0.1, 0.15) is 5.75 Å². The molecule has 0 saturated heterocycles. The maximum atomic E-state index is 12.4. The monoisotopic (exact) mass is 389 g/mol. The zero-order chi connectivity index (χ0) is 18.7. The number of rotatable bonds is 4. The number of aromatic hydroxyl groups is 1. The van der Waals surface area contributed by atoms with Crippen LogP contribution < -0.4 is 10.1 Å². The summed E-state index contributed by atoms with van der Waals surface area (Å²) < 4.78 is 5.06. The number of carbonyl (C=O) groups excluding carboxylic acids is 1. The summed E-state index contributed by atoms with van der Waals surface area (Å²) in [6.07, 6.45) is 2.94. The number of hydrogen-bond acceptors (Lipinski definition) is 5. The van der Waals surface area contributed by atoms with Crippen LogP contribution in [0.15, 0.2) is 48.8 Å². The van der Waals surface area contributed by atoms with Crippen LogP contribution in [0.5, 0.6) is 11.5 Å². The summed E-state index contributed by atoms with van der Waals surface area (Å²) in [5.41, 5.74) is 1.34. The Bertz CT molecular complexity index is 939. The second kappa shape index (κ2) is 7.59. The lowest BCUT2D eigenvalue weighted by Gasteiger charge is -2.09. The van der Waals surface area contributed by atoms with Crippen LogP contribution in [0.2, 0.25) is 10.0 Å². The van der Waals surface area contributed by atoms with Crippen LogP contribution in [-0.2, 0) is 0 Å². The third-order valence-corrected chi connectivity index (χ3v) is 4.04. The lowest BCUT2D eigenvalue weighted by Crippen LogP contribution is -2.12. The number of benzene rings is 2. The SMILES string of the molecule is COc1c(Cl)cc(C(=O)Nc2cnc(-c3cccc(O)c3)nc2)cc1Cl. The highest BCUT2D eigenvalue weighted by Gasteiger charge is 2.14. The van der Waals surface area contributed by atoms with Gasteiger partial charge in [-0.3, -0.25) is 4.79 Å². The highest BCUT2D eigenvalue weighted by atomic mass is 35.5. The number of carbonyl (C=O) groups is 1. The van der Waals surface area contributed by atoms with Crippen LogP contribution in [-0.4, -0.2) is 28.1 Å². The van der Waals surface area contributed by atoms with E-state index in [1.54, 1.807) is 24.3 Å². The fourth-order valence-electron chi connectivity index (χ4n) is 2.28. The molecule has 26 heavy (non-hydrogen) atoms. The first-order valence-corrected chi connectivity index (χ1v) is 8.19. The Labute approximate surface area is 159 Å². The second-order valence-corrected chi connectivity index (χ2v) is 6.09. The van der Waals surface area contributed by atoms with Gasteiger partial charge in [0.2, 0.25) is 0 Å². The molecule has 0 spiro atoms. The lowest BCUT2D eigenvalue weighted by atomic mass is 10.2. The van der Waals surface area contributed by atoms with Crippen LogP contribution in [0.4, 0.5) is 5.69 Å². The molecule has 6 nitrogen and oxygen atoms in total. The molecule has 8 heteroatoms. The Morgan fingerprint density at radius 3 is 2.35 bits per heavy atom. The second-order valence-electron chi connectivity index (χ2n) is 5.27. The number of phenols is 1. The van der Waals surface area contributed by atoms with Crippen molar-refractivity contribution in [2.45, 2.75) is 0 Å². The number of phenolic OH excluding ortho intramolecular Hbond substituents is 1. The van der Waals surface area contributed by atoms with Crippen molar-refractivity contribution in [3.05, 3.63) is 64.4 Å². The molecular formula is C18H13Cl2N3O3. The van der Waals surface area contributed by atoms with E-state index in [0.717, 1.165) is 0 Å². The van der Waals surface area contributed by atoms with E-state index in [2.05, 4.69) is 15.3 Å². The summed E-state index contributed by atoms with van der Waals surface area (Å²) in [5, 5.41) is 12.7. The highest BCUT2D eigenvalue weighted by Crippen LogP contribution is 2.34. The van der Waals surface area contributed by atoms with Gasteiger partial charge in [-0.25, -0.2) is 9.97 Å². The summed E-state index contributed by atoms with van der Waals surface area (Å²) in [5.74, 6) is 0.444. The first kappa shape index (κ1) is 18.0. The number of hydrogen-bond donors (Lipinski definition) is 2. The van der Waals surface area contributed by atoms with Gasteiger partial charge in [0.05, 0.1) is 35.2 Å². The van der Waals surface area contributed by atoms with E-state index in [4.69, 9.17) is 27.9 Å². The summed E-state index contributed by atoms with van der Waals surface area (Å²) in [4.78, 5) is 20.7. The average Bonchev–Trinajstić information content (AvgIpc) is 2.62. The van der Waals surface area contributed by atoms with Crippen LogP contribution in [0, 0.1) is 0 Å². The largest absolute Gasteiger partial charge is 0.508 e. The molecule has 0 bridgehead atoms. The molecule has 2 aromatic carbocycles. The molecule has 0 atom stereocenters. The van der Waals surface area contributed by atoms with E-state index in [9.17, 15) is 9.90 Å². The molecule has 0 unspecified atom stereocenters. The molecule has 1 heterocycles. The molecule has 0 aliphatic rings. The van der Waals surface area contributed by atoms with Gasteiger partial charge in [0.25, 0.3) is 5.91 Å². The lowest BCUT2D eigenvalue weighted by molar-refractivity contribution is 0.102. The molecule has 132 valence electrons. The summed E-state index contributed by atoms with van der Waals surface area (Å²) in [6.45, 7) is 0. The maximum Gasteiger partial charge on any atom is 0.255 e. The van der Waals surface area contributed by atoms with Gasteiger partial charge < -0.3 is 15.2 Å². The standard InChI is InChI=1S/C18H13Cl2N3O3/c1-26-16-14(19)6-11(7-15(16)20)18(25)23-12-8-21-17(22-9-12)10-3-2-4-13(24)5-10/h2-9,24H,1H3,(H,23,25). The number of halogens is 2. The molecule has 1 aromatic heterocycles. The molecule has 0 saturated carbocycles. The van der Waals surface area contributed by atoms with Gasteiger partial charge in [0.15, 0.2) is 11.6 Å². The number of aromatic nitrogens is 2. The molecule has 3 rings (SSSR count). The van der Waals surface area contributed by atoms with E-state index in [0.29, 0.717) is 22.8 Å². The Kier molecular flexibility index (Phi) is 5.25. The first-order valence-electron chi connectivity index (χ1n) is 7.44. The van der Waals surface area contributed by atoms with Crippen LogP contribution >= 0.6 is 23.2 Å². The van der Waals surface area contributed by atoms with Crippen LogP contribution in [0.3, 0.4) is 0 Å². The zero-order valence-electron chi connectivity index (χ0n) is 13.5. The van der Waals surface area contributed by atoms with Gasteiger partial charge in [0, 0.05) is 11.1 Å². The molecule has 3 aromatic rings. The van der Waals surface area contributed by atoms with Crippen molar-refractivity contribution in [3.8, 4) is 22.9 Å². The molecule has 0 aliphatic heterocycles. The minimum Gasteiger partial charge on any atom is -0.508 e. The van der Waals surface area contributed by atoms with Gasteiger partial charge >= 0.3 is 0 Å². The average molecular weight is 390 g/mol. The summed E-state index contributed by atoms with van der Waals surface area (Å²) in [7, 11) is 1.44. The van der Waals surface area contributed by atoms with E-state index < -0.39 is 5.91 Å². The topological polar surface area (TPSA) is 84.3 Å². The number of nitrogens with one attached hydrogen (secondary N) is 1.